The van der Waals surface area contributed by atoms with E-state index in [0.29, 0.717) is 11.0 Å². The summed E-state index contributed by atoms with van der Waals surface area (Å²) in [5.41, 5.74) is 10.9. The Morgan fingerprint density at radius 2 is 1.56 bits per heavy atom. The van der Waals surface area contributed by atoms with E-state index in [-0.39, 0.29) is 11.8 Å². The molecule has 1 atom stereocenters. The number of nitrogens with one attached hydrogen (secondary N) is 3. The van der Waals surface area contributed by atoms with Crippen LogP contribution in [0.5, 0.6) is 0 Å². The van der Waals surface area contributed by atoms with E-state index in [4.69, 9.17) is 12.2 Å². The van der Waals surface area contributed by atoms with Crippen molar-refractivity contribution in [2.24, 2.45) is 5.92 Å². The van der Waals surface area contributed by atoms with Crippen molar-refractivity contribution < 1.29 is 4.79 Å². The zero-order valence-electron chi connectivity index (χ0n) is 16.7. The lowest BCUT2D eigenvalue weighted by molar-refractivity contribution is -0.122. The molecule has 0 aliphatic heterocycles. The normalized spacial score (nSPS) is 11.8. The van der Waals surface area contributed by atoms with Gasteiger partial charge in [-0.3, -0.25) is 15.6 Å². The van der Waals surface area contributed by atoms with Gasteiger partial charge in [-0.25, -0.2) is 0 Å². The van der Waals surface area contributed by atoms with E-state index in [1.807, 2.05) is 51.1 Å². The summed E-state index contributed by atoms with van der Waals surface area (Å²) < 4.78 is 0. The number of carbonyl (C=O) groups is 1. The van der Waals surface area contributed by atoms with Crippen LogP contribution in [-0.2, 0) is 11.2 Å². The van der Waals surface area contributed by atoms with E-state index >= 15 is 0 Å². The second-order valence-electron chi connectivity index (χ2n) is 7.40. The van der Waals surface area contributed by atoms with Crippen LogP contribution >= 0.6 is 12.2 Å². The summed E-state index contributed by atoms with van der Waals surface area (Å²) in [5.74, 6) is 0.219. The number of aryl methyl sites for hydroxylation is 2. The third kappa shape index (κ3) is 6.07. The highest BCUT2D eigenvalue weighted by atomic mass is 32.1. The minimum atomic E-state index is -0.270. The number of amides is 1. The summed E-state index contributed by atoms with van der Waals surface area (Å²) in [7, 11) is 0. The van der Waals surface area contributed by atoms with Crippen molar-refractivity contribution in [1.82, 2.24) is 10.9 Å². The van der Waals surface area contributed by atoms with Crippen LogP contribution in [0, 0.1) is 19.8 Å². The van der Waals surface area contributed by atoms with Gasteiger partial charge >= 0.3 is 0 Å². The predicted molar refractivity (Wildman–Crippen MR) is 117 cm³/mol. The minimum absolute atomic E-state index is 0.128. The molecule has 0 fully saturated rings. The summed E-state index contributed by atoms with van der Waals surface area (Å²) in [4.78, 5) is 12.4. The van der Waals surface area contributed by atoms with Crippen molar-refractivity contribution in [3.63, 3.8) is 0 Å². The number of hydrogen-bond acceptors (Lipinski definition) is 2. The van der Waals surface area contributed by atoms with E-state index in [0.717, 1.165) is 28.8 Å². The quantitative estimate of drug-likeness (QED) is 0.521. The topological polar surface area (TPSA) is 53.2 Å². The molecule has 0 bridgehead atoms. The first-order valence-electron chi connectivity index (χ1n) is 9.29. The zero-order valence-corrected chi connectivity index (χ0v) is 17.5. The van der Waals surface area contributed by atoms with E-state index < -0.39 is 0 Å². The molecule has 1 amide bonds. The Balaban J connectivity index is 1.90. The number of para-hydroxylation sites is 1. The van der Waals surface area contributed by atoms with Gasteiger partial charge in [0.15, 0.2) is 5.11 Å². The Hall–Kier alpha value is -2.40. The van der Waals surface area contributed by atoms with Gasteiger partial charge in [0, 0.05) is 5.69 Å². The molecule has 0 saturated heterocycles. The first-order chi connectivity index (χ1) is 12.8. The molecule has 0 aliphatic carbocycles. The number of hydrazine groups is 1. The maximum atomic E-state index is 12.4. The number of benzene rings is 2. The largest absolute Gasteiger partial charge is 0.331 e. The highest BCUT2D eigenvalue weighted by Gasteiger charge is 2.15. The van der Waals surface area contributed by atoms with Crippen molar-refractivity contribution >= 4 is 28.9 Å². The molecule has 0 aliphatic rings. The minimum Gasteiger partial charge on any atom is -0.331 e. The lowest BCUT2D eigenvalue weighted by atomic mass is 9.96. The third-order valence-electron chi connectivity index (χ3n) is 4.54. The summed E-state index contributed by atoms with van der Waals surface area (Å²) in [5, 5.41) is 3.51. The molecule has 2 aromatic carbocycles. The summed E-state index contributed by atoms with van der Waals surface area (Å²) in [6.07, 6.45) is 1.04. The number of thiocarbonyl (C=S) groups is 1. The Bertz CT molecular complexity index is 779. The lowest BCUT2D eigenvalue weighted by Crippen LogP contribution is -2.45. The maximum absolute atomic E-state index is 12.4. The average molecular weight is 384 g/mol. The molecule has 4 nitrogen and oxygen atoms in total. The molecule has 0 radical (unpaired) electrons. The third-order valence-corrected chi connectivity index (χ3v) is 4.74. The van der Waals surface area contributed by atoms with Crippen LogP contribution in [0.15, 0.2) is 42.5 Å². The monoisotopic (exact) mass is 383 g/mol. The smallest absolute Gasteiger partial charge is 0.245 e. The molecular formula is C22H29N3OS. The van der Waals surface area contributed by atoms with Crippen LogP contribution in [0.3, 0.4) is 0 Å². The standard InChI is InChI=1S/C22H29N3OS/c1-14(2)13-18-9-11-19(12-10-18)17(5)21(26)24-25-22(27)23-20-15(3)7-6-8-16(20)4/h6-12,14,17H,13H2,1-5H3,(H,24,26)(H2,23,25,27). The predicted octanol–water partition coefficient (Wildman–Crippen LogP) is 4.62. The number of rotatable bonds is 5. The van der Waals surface area contributed by atoms with Crippen molar-refractivity contribution in [2.45, 2.75) is 47.0 Å². The fraction of sp³-hybridized carbons (Fsp3) is 0.364. The van der Waals surface area contributed by atoms with Crippen molar-refractivity contribution in [1.29, 1.82) is 0 Å². The highest BCUT2D eigenvalue weighted by Crippen LogP contribution is 2.19. The lowest BCUT2D eigenvalue weighted by Gasteiger charge is -2.17. The second kappa shape index (κ2) is 9.51. The van der Waals surface area contributed by atoms with Gasteiger partial charge in [-0.2, -0.15) is 0 Å². The van der Waals surface area contributed by atoms with Gasteiger partial charge in [0.25, 0.3) is 0 Å². The first-order valence-corrected chi connectivity index (χ1v) is 9.70. The molecule has 3 N–H and O–H groups in total. The zero-order chi connectivity index (χ0) is 20.0. The Morgan fingerprint density at radius 3 is 2.11 bits per heavy atom. The van der Waals surface area contributed by atoms with Crippen LogP contribution in [0.4, 0.5) is 5.69 Å². The molecule has 2 rings (SSSR count). The SMILES string of the molecule is Cc1cccc(C)c1NC(=S)NNC(=O)C(C)c1ccc(CC(C)C)cc1. The molecule has 2 aromatic rings. The van der Waals surface area contributed by atoms with E-state index in [2.05, 4.69) is 42.1 Å². The van der Waals surface area contributed by atoms with E-state index in [9.17, 15) is 4.79 Å². The first kappa shape index (κ1) is 20.9. The molecule has 5 heteroatoms. The van der Waals surface area contributed by atoms with Gasteiger partial charge in [0.2, 0.25) is 5.91 Å². The molecule has 0 aromatic heterocycles. The summed E-state index contributed by atoms with van der Waals surface area (Å²) >= 11 is 5.30. The molecular weight excluding hydrogens is 354 g/mol. The van der Waals surface area contributed by atoms with Crippen LogP contribution in [0.2, 0.25) is 0 Å². The Kier molecular flexibility index (Phi) is 7.36. The Morgan fingerprint density at radius 1 is 0.963 bits per heavy atom. The van der Waals surface area contributed by atoms with Gasteiger partial charge in [-0.15, -0.1) is 0 Å². The van der Waals surface area contributed by atoms with Crippen molar-refractivity contribution in [2.75, 3.05) is 5.32 Å². The highest BCUT2D eigenvalue weighted by molar-refractivity contribution is 7.80. The molecule has 0 heterocycles. The summed E-state index contributed by atoms with van der Waals surface area (Å²) in [6.45, 7) is 10.3. The van der Waals surface area contributed by atoms with Crippen molar-refractivity contribution in [3.8, 4) is 0 Å². The van der Waals surface area contributed by atoms with Crippen LogP contribution in [0.25, 0.3) is 0 Å². The van der Waals surface area contributed by atoms with Crippen LogP contribution < -0.4 is 16.2 Å². The van der Waals surface area contributed by atoms with Gasteiger partial charge < -0.3 is 5.32 Å². The Labute approximate surface area is 167 Å². The number of carbonyl (C=O) groups excluding carboxylic acids is 1. The number of hydrogen-bond donors (Lipinski definition) is 3. The summed E-state index contributed by atoms with van der Waals surface area (Å²) in [6, 6.07) is 14.3. The fourth-order valence-corrected chi connectivity index (χ4v) is 3.10. The van der Waals surface area contributed by atoms with Gasteiger partial charge in [0.1, 0.15) is 0 Å². The molecule has 1 unspecified atom stereocenters. The average Bonchev–Trinajstić information content (AvgIpc) is 2.62. The van der Waals surface area contributed by atoms with Crippen LogP contribution in [0.1, 0.15) is 48.9 Å². The van der Waals surface area contributed by atoms with Gasteiger partial charge in [-0.05, 0) is 67.6 Å². The molecule has 0 saturated carbocycles. The van der Waals surface area contributed by atoms with Gasteiger partial charge in [-0.1, -0.05) is 56.3 Å². The second-order valence-corrected chi connectivity index (χ2v) is 7.80. The van der Waals surface area contributed by atoms with E-state index in [1.165, 1.54) is 5.56 Å². The van der Waals surface area contributed by atoms with Gasteiger partial charge in [0.05, 0.1) is 5.92 Å². The van der Waals surface area contributed by atoms with E-state index in [1.54, 1.807) is 0 Å². The number of anilines is 1. The fourth-order valence-electron chi connectivity index (χ4n) is 2.95. The molecule has 144 valence electrons. The molecule has 0 spiro atoms. The molecule has 27 heavy (non-hydrogen) atoms. The van der Waals surface area contributed by atoms with Crippen LogP contribution in [-0.4, -0.2) is 11.0 Å². The maximum Gasteiger partial charge on any atom is 0.245 e. The van der Waals surface area contributed by atoms with Crippen molar-refractivity contribution in [3.05, 3.63) is 64.7 Å².